The van der Waals surface area contributed by atoms with Gasteiger partial charge in [0.15, 0.2) is 4.96 Å². The smallest absolute Gasteiger partial charge is 0.260 e. The Morgan fingerprint density at radius 2 is 2.08 bits per heavy atom. The summed E-state index contributed by atoms with van der Waals surface area (Å²) < 4.78 is 20.2. The number of furan rings is 1. The maximum Gasteiger partial charge on any atom is 0.260 e. The van der Waals surface area contributed by atoms with Gasteiger partial charge in [-0.15, -0.1) is 11.3 Å². The van der Waals surface area contributed by atoms with Crippen LogP contribution in [0.5, 0.6) is 0 Å². The van der Waals surface area contributed by atoms with Crippen LogP contribution in [0.25, 0.3) is 16.2 Å². The molecule has 3 heterocycles. The third kappa shape index (κ3) is 2.39. The van der Waals surface area contributed by atoms with Crippen LogP contribution in [0.1, 0.15) is 16.1 Å². The molecule has 5 nitrogen and oxygen atoms in total. The SMILES string of the molecule is Cc1occc1C(=O)Nc1c(-c2ccc(F)cc2)nc2sccn12. The van der Waals surface area contributed by atoms with Crippen LogP contribution in [0.2, 0.25) is 0 Å². The van der Waals surface area contributed by atoms with Crippen molar-refractivity contribution in [3.05, 3.63) is 65.3 Å². The fourth-order valence-corrected chi connectivity index (χ4v) is 3.22. The molecule has 0 unspecified atom stereocenters. The van der Waals surface area contributed by atoms with Gasteiger partial charge in [0.1, 0.15) is 23.1 Å². The lowest BCUT2D eigenvalue weighted by Gasteiger charge is -2.06. The quantitative estimate of drug-likeness (QED) is 0.602. The topological polar surface area (TPSA) is 59.5 Å². The molecule has 4 aromatic rings. The summed E-state index contributed by atoms with van der Waals surface area (Å²) in [6.45, 7) is 1.73. The Kier molecular flexibility index (Phi) is 3.42. The number of amides is 1. The monoisotopic (exact) mass is 341 g/mol. The first-order valence-electron chi connectivity index (χ1n) is 7.20. The minimum atomic E-state index is -0.320. The highest BCUT2D eigenvalue weighted by molar-refractivity contribution is 7.15. The molecule has 0 aliphatic rings. The molecule has 0 atom stereocenters. The van der Waals surface area contributed by atoms with Gasteiger partial charge in [-0.1, -0.05) is 0 Å². The van der Waals surface area contributed by atoms with Gasteiger partial charge in [0, 0.05) is 17.1 Å². The lowest BCUT2D eigenvalue weighted by Crippen LogP contribution is -2.14. The van der Waals surface area contributed by atoms with E-state index in [1.54, 1.807) is 29.5 Å². The zero-order chi connectivity index (χ0) is 16.7. The van der Waals surface area contributed by atoms with Crippen molar-refractivity contribution in [1.29, 1.82) is 0 Å². The molecule has 1 amide bonds. The molecule has 0 spiro atoms. The van der Waals surface area contributed by atoms with Gasteiger partial charge < -0.3 is 9.73 Å². The number of nitrogens with one attached hydrogen (secondary N) is 1. The van der Waals surface area contributed by atoms with E-state index in [0.29, 0.717) is 22.8 Å². The zero-order valence-electron chi connectivity index (χ0n) is 12.6. The summed E-state index contributed by atoms with van der Waals surface area (Å²) in [5.74, 6) is 0.488. The Balaban J connectivity index is 1.80. The number of carbonyl (C=O) groups is 1. The number of aryl methyl sites for hydroxylation is 1. The number of anilines is 1. The molecule has 0 aliphatic carbocycles. The van der Waals surface area contributed by atoms with Crippen molar-refractivity contribution in [3.8, 4) is 11.3 Å². The Morgan fingerprint density at radius 1 is 1.29 bits per heavy atom. The van der Waals surface area contributed by atoms with Gasteiger partial charge in [-0.05, 0) is 37.3 Å². The Bertz CT molecular complexity index is 1030. The minimum absolute atomic E-state index is 0.280. The molecule has 1 aromatic carbocycles. The molecule has 1 N–H and O–H groups in total. The van der Waals surface area contributed by atoms with Crippen molar-refractivity contribution in [2.45, 2.75) is 6.92 Å². The molecule has 0 fully saturated rings. The van der Waals surface area contributed by atoms with E-state index in [9.17, 15) is 9.18 Å². The molecule has 120 valence electrons. The van der Waals surface area contributed by atoms with Gasteiger partial charge in [0.2, 0.25) is 0 Å². The van der Waals surface area contributed by atoms with Gasteiger partial charge in [-0.25, -0.2) is 9.37 Å². The standard InChI is InChI=1S/C17H12FN3O2S/c1-10-13(6-8-23-10)16(22)20-15-14(11-2-4-12(18)5-3-11)19-17-21(15)7-9-24-17/h2-9H,1H3,(H,20,22). The van der Waals surface area contributed by atoms with Crippen LogP contribution >= 0.6 is 11.3 Å². The maximum absolute atomic E-state index is 13.2. The minimum Gasteiger partial charge on any atom is -0.469 e. The summed E-state index contributed by atoms with van der Waals surface area (Å²) in [4.78, 5) is 17.8. The number of benzene rings is 1. The number of halogens is 1. The molecule has 0 bridgehead atoms. The van der Waals surface area contributed by atoms with E-state index in [1.807, 2.05) is 11.6 Å². The van der Waals surface area contributed by atoms with E-state index in [1.165, 1.54) is 29.7 Å². The molecule has 7 heteroatoms. The first-order chi connectivity index (χ1) is 11.6. The Labute approximate surface area is 140 Å². The lowest BCUT2D eigenvalue weighted by atomic mass is 10.1. The van der Waals surface area contributed by atoms with E-state index >= 15 is 0 Å². The van der Waals surface area contributed by atoms with Crippen molar-refractivity contribution < 1.29 is 13.6 Å². The molecule has 0 saturated heterocycles. The van der Waals surface area contributed by atoms with Crippen LogP contribution in [0, 0.1) is 12.7 Å². The third-order valence-electron chi connectivity index (χ3n) is 3.72. The third-order valence-corrected chi connectivity index (χ3v) is 4.47. The van der Waals surface area contributed by atoms with Crippen LogP contribution in [0.3, 0.4) is 0 Å². The molecular formula is C17H12FN3O2S. The maximum atomic E-state index is 13.2. The molecule has 0 saturated carbocycles. The van der Waals surface area contributed by atoms with Crippen molar-refractivity contribution in [3.63, 3.8) is 0 Å². The van der Waals surface area contributed by atoms with Crippen LogP contribution in [-0.4, -0.2) is 15.3 Å². The van der Waals surface area contributed by atoms with E-state index in [-0.39, 0.29) is 11.7 Å². The first kappa shape index (κ1) is 14.6. The summed E-state index contributed by atoms with van der Waals surface area (Å²) in [7, 11) is 0. The molecule has 0 radical (unpaired) electrons. The van der Waals surface area contributed by atoms with E-state index < -0.39 is 0 Å². The van der Waals surface area contributed by atoms with Crippen molar-refractivity contribution in [1.82, 2.24) is 9.38 Å². The average molecular weight is 341 g/mol. The second kappa shape index (κ2) is 5.61. The predicted octanol–water partition coefficient (Wildman–Crippen LogP) is 4.36. The highest BCUT2D eigenvalue weighted by atomic mass is 32.1. The molecule has 24 heavy (non-hydrogen) atoms. The zero-order valence-corrected chi connectivity index (χ0v) is 13.4. The second-order valence-corrected chi connectivity index (χ2v) is 6.09. The highest BCUT2D eigenvalue weighted by Crippen LogP contribution is 2.31. The van der Waals surface area contributed by atoms with Gasteiger partial charge in [-0.2, -0.15) is 0 Å². The fourth-order valence-electron chi connectivity index (χ4n) is 2.51. The second-order valence-electron chi connectivity index (χ2n) is 5.22. The van der Waals surface area contributed by atoms with Crippen LogP contribution in [0.4, 0.5) is 10.2 Å². The lowest BCUT2D eigenvalue weighted by molar-refractivity contribution is 0.102. The van der Waals surface area contributed by atoms with Crippen molar-refractivity contribution in [2.24, 2.45) is 0 Å². The first-order valence-corrected chi connectivity index (χ1v) is 8.08. The van der Waals surface area contributed by atoms with E-state index in [4.69, 9.17) is 4.42 Å². The average Bonchev–Trinajstić information content (AvgIpc) is 3.26. The molecule has 0 aliphatic heterocycles. The fraction of sp³-hybridized carbons (Fsp3) is 0.0588. The number of imidazole rings is 1. The van der Waals surface area contributed by atoms with Crippen molar-refractivity contribution >= 4 is 28.0 Å². The normalized spacial score (nSPS) is 11.1. The van der Waals surface area contributed by atoms with E-state index in [2.05, 4.69) is 10.3 Å². The highest BCUT2D eigenvalue weighted by Gasteiger charge is 2.19. The van der Waals surface area contributed by atoms with Crippen LogP contribution < -0.4 is 5.32 Å². The van der Waals surface area contributed by atoms with Gasteiger partial charge in [0.05, 0.1) is 11.8 Å². The number of carbonyl (C=O) groups excluding carboxylic acids is 1. The van der Waals surface area contributed by atoms with Crippen LogP contribution in [0.15, 0.2) is 52.6 Å². The molecule has 3 aromatic heterocycles. The van der Waals surface area contributed by atoms with Gasteiger partial charge in [0.25, 0.3) is 5.91 Å². The number of hydrogen-bond donors (Lipinski definition) is 1. The summed E-state index contributed by atoms with van der Waals surface area (Å²) >= 11 is 1.46. The largest absolute Gasteiger partial charge is 0.469 e. The molecule has 4 rings (SSSR count). The number of rotatable bonds is 3. The number of aromatic nitrogens is 2. The Hall–Kier alpha value is -2.93. The summed E-state index contributed by atoms with van der Waals surface area (Å²) in [5.41, 5.74) is 1.79. The molecular weight excluding hydrogens is 329 g/mol. The number of fused-ring (bicyclic) bond motifs is 1. The predicted molar refractivity (Wildman–Crippen MR) is 89.9 cm³/mol. The van der Waals surface area contributed by atoms with Gasteiger partial charge >= 0.3 is 0 Å². The Morgan fingerprint density at radius 3 is 2.79 bits per heavy atom. The summed E-state index contributed by atoms with van der Waals surface area (Å²) in [6, 6.07) is 7.64. The number of hydrogen-bond acceptors (Lipinski definition) is 4. The van der Waals surface area contributed by atoms with Crippen LogP contribution in [-0.2, 0) is 0 Å². The summed E-state index contributed by atoms with van der Waals surface area (Å²) in [5, 5.41) is 4.77. The van der Waals surface area contributed by atoms with Crippen molar-refractivity contribution in [2.75, 3.05) is 5.32 Å². The number of thiazole rings is 1. The number of nitrogens with zero attached hydrogens (tertiary/aromatic N) is 2. The van der Waals surface area contributed by atoms with E-state index in [0.717, 1.165) is 10.5 Å². The summed E-state index contributed by atoms with van der Waals surface area (Å²) in [6.07, 6.45) is 3.31. The van der Waals surface area contributed by atoms with Gasteiger partial charge in [-0.3, -0.25) is 9.20 Å².